The summed E-state index contributed by atoms with van der Waals surface area (Å²) in [6, 6.07) is 7.27. The lowest BCUT2D eigenvalue weighted by molar-refractivity contribution is -0.129. The minimum Gasteiger partial charge on any atom is -0.477 e. The van der Waals surface area contributed by atoms with E-state index in [1.54, 1.807) is 6.07 Å². The van der Waals surface area contributed by atoms with Gasteiger partial charge in [0.2, 0.25) is 5.13 Å². The molecule has 0 aliphatic rings. The molecule has 19 heavy (non-hydrogen) atoms. The first-order chi connectivity index (χ1) is 9.08. The smallest absolute Gasteiger partial charge is 0.351 e. The Bertz CT molecular complexity index is 641. The van der Waals surface area contributed by atoms with E-state index in [9.17, 15) is 4.79 Å². The molecule has 8 heteroatoms. The molecule has 2 aromatic rings. The number of anilines is 1. The molecule has 0 atom stereocenters. The molecule has 1 heterocycles. The van der Waals surface area contributed by atoms with Crippen LogP contribution in [0.3, 0.4) is 0 Å². The zero-order valence-electron chi connectivity index (χ0n) is 9.79. The van der Waals surface area contributed by atoms with Gasteiger partial charge in [0, 0.05) is 5.56 Å². The van der Waals surface area contributed by atoms with E-state index in [0.717, 1.165) is 5.56 Å². The summed E-state index contributed by atoms with van der Waals surface area (Å²) in [7, 11) is 0. The number of carbonyl (C=O) groups is 1. The fourth-order valence-corrected chi connectivity index (χ4v) is 2.20. The van der Waals surface area contributed by atoms with Crippen LogP contribution in [0.2, 0.25) is 5.02 Å². The summed E-state index contributed by atoms with van der Waals surface area (Å²) in [4.78, 5) is 10.6. The fraction of sp³-hybridized carbons (Fsp3) is 0.0909. The summed E-state index contributed by atoms with van der Waals surface area (Å²) in [5, 5.41) is 21.8. The lowest BCUT2D eigenvalue weighted by atomic mass is 10.2. The molecule has 0 fully saturated rings. The topological polar surface area (TPSA) is 87.5 Å². The van der Waals surface area contributed by atoms with Crippen molar-refractivity contribution < 1.29 is 9.90 Å². The van der Waals surface area contributed by atoms with Crippen molar-refractivity contribution in [2.45, 2.75) is 6.92 Å². The molecule has 1 aromatic heterocycles. The van der Waals surface area contributed by atoms with E-state index in [2.05, 4.69) is 20.7 Å². The quantitative estimate of drug-likeness (QED) is 0.669. The van der Waals surface area contributed by atoms with E-state index in [1.807, 2.05) is 18.2 Å². The minimum absolute atomic E-state index is 0.0607. The molecule has 0 aliphatic heterocycles. The Labute approximate surface area is 117 Å². The largest absolute Gasteiger partial charge is 0.477 e. The number of nitrogens with zero attached hydrogens (tertiary/aromatic N) is 3. The van der Waals surface area contributed by atoms with E-state index < -0.39 is 5.97 Å². The van der Waals surface area contributed by atoms with Gasteiger partial charge in [-0.15, -0.1) is 10.2 Å². The van der Waals surface area contributed by atoms with Gasteiger partial charge in [-0.05, 0) is 13.0 Å². The molecule has 2 rings (SSSR count). The number of hydrogen-bond donors (Lipinski definition) is 2. The lowest BCUT2D eigenvalue weighted by Gasteiger charge is -1.97. The second kappa shape index (κ2) is 5.77. The first-order valence-electron chi connectivity index (χ1n) is 5.20. The highest BCUT2D eigenvalue weighted by Crippen LogP contribution is 2.31. The number of hydrogen-bond acceptors (Lipinski definition) is 6. The van der Waals surface area contributed by atoms with Crippen LogP contribution in [0, 0.1) is 0 Å². The predicted molar refractivity (Wildman–Crippen MR) is 74.7 cm³/mol. The maximum atomic E-state index is 10.6. The third kappa shape index (κ3) is 3.27. The highest BCUT2D eigenvalue weighted by Gasteiger charge is 2.09. The third-order valence-electron chi connectivity index (χ3n) is 2.16. The van der Waals surface area contributed by atoms with Crippen molar-refractivity contribution in [1.29, 1.82) is 0 Å². The van der Waals surface area contributed by atoms with Gasteiger partial charge in [-0.1, -0.05) is 41.1 Å². The maximum absolute atomic E-state index is 10.6. The van der Waals surface area contributed by atoms with Gasteiger partial charge in [0.15, 0.2) is 5.01 Å². The van der Waals surface area contributed by atoms with Crippen LogP contribution in [-0.4, -0.2) is 27.0 Å². The van der Waals surface area contributed by atoms with Gasteiger partial charge in [-0.25, -0.2) is 4.79 Å². The highest BCUT2D eigenvalue weighted by molar-refractivity contribution is 7.18. The fourth-order valence-electron chi connectivity index (χ4n) is 1.19. The van der Waals surface area contributed by atoms with Crippen LogP contribution in [0.5, 0.6) is 0 Å². The first kappa shape index (κ1) is 13.4. The van der Waals surface area contributed by atoms with Crippen molar-refractivity contribution in [3.63, 3.8) is 0 Å². The van der Waals surface area contributed by atoms with Crippen molar-refractivity contribution in [3.05, 3.63) is 29.3 Å². The van der Waals surface area contributed by atoms with Crippen LogP contribution in [0.1, 0.15) is 6.92 Å². The highest BCUT2D eigenvalue weighted by atomic mass is 35.5. The molecule has 1 aromatic carbocycles. The molecular formula is C11H9ClN4O2S. The van der Waals surface area contributed by atoms with Gasteiger partial charge in [0.25, 0.3) is 0 Å². The molecule has 0 saturated carbocycles. The normalized spacial score (nSPS) is 11.4. The van der Waals surface area contributed by atoms with Crippen LogP contribution >= 0.6 is 22.9 Å². The summed E-state index contributed by atoms with van der Waals surface area (Å²) < 4.78 is 0. The van der Waals surface area contributed by atoms with Crippen molar-refractivity contribution in [3.8, 4) is 10.6 Å². The van der Waals surface area contributed by atoms with E-state index in [1.165, 1.54) is 18.3 Å². The Kier molecular flexibility index (Phi) is 4.08. The van der Waals surface area contributed by atoms with Crippen LogP contribution in [0.4, 0.5) is 5.13 Å². The maximum Gasteiger partial charge on any atom is 0.351 e. The molecule has 0 spiro atoms. The number of hydrazone groups is 1. The summed E-state index contributed by atoms with van der Waals surface area (Å²) in [5.41, 5.74) is 3.26. The molecule has 0 bridgehead atoms. The van der Waals surface area contributed by atoms with E-state index in [0.29, 0.717) is 15.2 Å². The average molecular weight is 297 g/mol. The molecule has 6 nitrogen and oxygen atoms in total. The first-order valence-corrected chi connectivity index (χ1v) is 6.39. The molecule has 0 amide bonds. The Morgan fingerprint density at radius 3 is 2.84 bits per heavy atom. The van der Waals surface area contributed by atoms with Crippen molar-refractivity contribution in [2.24, 2.45) is 5.10 Å². The number of aromatic nitrogens is 2. The average Bonchev–Trinajstić information content (AvgIpc) is 2.85. The van der Waals surface area contributed by atoms with Gasteiger partial charge in [0.1, 0.15) is 5.71 Å². The molecule has 0 aliphatic carbocycles. The van der Waals surface area contributed by atoms with Gasteiger partial charge < -0.3 is 5.11 Å². The molecule has 98 valence electrons. The second-order valence-corrected chi connectivity index (χ2v) is 4.89. The molecule has 0 radical (unpaired) electrons. The minimum atomic E-state index is -1.09. The number of carboxylic acids is 1. The number of nitrogens with one attached hydrogen (secondary N) is 1. The van der Waals surface area contributed by atoms with Gasteiger partial charge in [0.05, 0.1) is 5.02 Å². The predicted octanol–water partition coefficient (Wildman–Crippen LogP) is 2.73. The van der Waals surface area contributed by atoms with Crippen molar-refractivity contribution >= 4 is 39.8 Å². The van der Waals surface area contributed by atoms with Crippen LogP contribution in [-0.2, 0) is 4.79 Å². The summed E-state index contributed by atoms with van der Waals surface area (Å²) in [6.45, 7) is 1.38. The third-order valence-corrected chi connectivity index (χ3v) is 3.35. The Balaban J connectivity index is 2.19. The van der Waals surface area contributed by atoms with Gasteiger partial charge in [-0.3, -0.25) is 5.43 Å². The SMILES string of the molecule is C/C(=N\Nc1nnc(-c2ccccc2Cl)s1)C(=O)O. The number of benzene rings is 1. The molecule has 2 N–H and O–H groups in total. The summed E-state index contributed by atoms with van der Waals surface area (Å²) in [5.74, 6) is -1.09. The standard InChI is InChI=1S/C11H9ClN4O2S/c1-6(10(17)18)13-15-11-16-14-9(19-11)7-4-2-3-5-8(7)12/h2-5H,1H3,(H,15,16)(H,17,18)/b13-6+. The van der Waals surface area contributed by atoms with Crippen LogP contribution in [0.25, 0.3) is 10.6 Å². The molecule has 0 saturated heterocycles. The lowest BCUT2D eigenvalue weighted by Crippen LogP contribution is -2.10. The number of carboxylic acid groups (broad SMARTS) is 1. The molecular weight excluding hydrogens is 288 g/mol. The van der Waals surface area contributed by atoms with Crippen molar-refractivity contribution in [2.75, 3.05) is 5.43 Å². The Morgan fingerprint density at radius 1 is 1.42 bits per heavy atom. The second-order valence-electron chi connectivity index (χ2n) is 3.51. The summed E-state index contributed by atoms with van der Waals surface area (Å²) in [6.07, 6.45) is 0. The van der Waals surface area contributed by atoms with Gasteiger partial charge >= 0.3 is 5.97 Å². The monoisotopic (exact) mass is 296 g/mol. The number of halogens is 1. The Morgan fingerprint density at radius 2 is 2.16 bits per heavy atom. The van der Waals surface area contributed by atoms with Crippen molar-refractivity contribution in [1.82, 2.24) is 10.2 Å². The number of rotatable bonds is 4. The van der Waals surface area contributed by atoms with E-state index in [4.69, 9.17) is 16.7 Å². The number of aliphatic carboxylic acids is 1. The molecule has 0 unspecified atom stereocenters. The van der Waals surface area contributed by atoms with E-state index >= 15 is 0 Å². The summed E-state index contributed by atoms with van der Waals surface area (Å²) >= 11 is 7.29. The Hall–Kier alpha value is -1.99. The zero-order valence-corrected chi connectivity index (χ0v) is 11.4. The zero-order chi connectivity index (χ0) is 13.8. The van der Waals surface area contributed by atoms with E-state index in [-0.39, 0.29) is 5.71 Å². The van der Waals surface area contributed by atoms with Crippen LogP contribution < -0.4 is 5.43 Å². The van der Waals surface area contributed by atoms with Gasteiger partial charge in [-0.2, -0.15) is 5.10 Å². The van der Waals surface area contributed by atoms with Crippen LogP contribution in [0.15, 0.2) is 29.4 Å².